The number of hydrogen-bond donors (Lipinski definition) is 6. The highest BCUT2D eigenvalue weighted by Gasteiger charge is 2.43. The van der Waals surface area contributed by atoms with Gasteiger partial charge in [-0.1, -0.05) is 24.3 Å². The van der Waals surface area contributed by atoms with E-state index in [-0.39, 0.29) is 17.9 Å². The summed E-state index contributed by atoms with van der Waals surface area (Å²) in [5.74, 6) is -2.06. The predicted molar refractivity (Wildman–Crippen MR) is 132 cm³/mol. The van der Waals surface area contributed by atoms with Crippen LogP contribution < -0.4 is 11.1 Å². The highest BCUT2D eigenvalue weighted by molar-refractivity contribution is 5.99. The quantitative estimate of drug-likeness (QED) is 0.159. The number of nitrogens with two attached hydrogens (primary N) is 1. The van der Waals surface area contributed by atoms with E-state index in [1.807, 2.05) is 0 Å². The fourth-order valence-electron chi connectivity index (χ4n) is 4.18. The number of phenols is 2. The number of ether oxygens (including phenoxy) is 1. The summed E-state index contributed by atoms with van der Waals surface area (Å²) in [5, 5.41) is 43.9. The molecule has 0 bridgehead atoms. The maximum atomic E-state index is 13.2. The lowest BCUT2D eigenvalue weighted by Gasteiger charge is -2.16. The van der Waals surface area contributed by atoms with Crippen LogP contribution in [0.15, 0.2) is 61.2 Å². The molecule has 13 heteroatoms. The van der Waals surface area contributed by atoms with E-state index in [1.165, 1.54) is 65.8 Å². The Labute approximate surface area is 214 Å². The number of nitrogens with one attached hydrogen (secondary N) is 1. The van der Waals surface area contributed by atoms with Crippen LogP contribution in [0, 0.1) is 5.82 Å². The molecule has 5 rings (SSSR count). The van der Waals surface area contributed by atoms with Crippen LogP contribution in [0.2, 0.25) is 0 Å². The van der Waals surface area contributed by atoms with Gasteiger partial charge in [-0.2, -0.15) is 0 Å². The van der Waals surface area contributed by atoms with Crippen molar-refractivity contribution in [2.24, 2.45) is 0 Å². The first-order valence-electron chi connectivity index (χ1n) is 11.5. The van der Waals surface area contributed by atoms with Crippen LogP contribution in [0.3, 0.4) is 0 Å². The molecule has 1 fully saturated rings. The molecule has 2 aromatic heterocycles. The summed E-state index contributed by atoms with van der Waals surface area (Å²) in [4.78, 5) is 24.8. The van der Waals surface area contributed by atoms with E-state index in [2.05, 4.69) is 20.3 Å². The van der Waals surface area contributed by atoms with E-state index in [9.17, 15) is 29.6 Å². The minimum atomic E-state index is -1.30. The molecule has 0 radical (unpaired) electrons. The summed E-state index contributed by atoms with van der Waals surface area (Å²) >= 11 is 0. The van der Waals surface area contributed by atoms with Gasteiger partial charge in [0.25, 0.3) is 5.91 Å². The standard InChI is InChI=1S/C25H23FN6O6/c26-14-5-3-12(4-6-14)13-8-15(19(34)16(33)9-13)24(37)28-7-1-2-17-20(35)21(36)25(38-17)32-11-31-18-22(27)29-10-30-23(18)32/h1-6,8-11,17,20-21,25,33-36H,7H2,(H,28,37)(H2,27,29,30)/b2-1+/t17-,20+,21-,25-/m1/s1. The second kappa shape index (κ2) is 10.0. The zero-order valence-electron chi connectivity index (χ0n) is 19.6. The molecule has 12 nitrogen and oxygen atoms in total. The van der Waals surface area contributed by atoms with Crippen LogP contribution in [0.25, 0.3) is 22.3 Å². The molecule has 1 amide bonds. The first-order chi connectivity index (χ1) is 18.2. The second-order valence-corrected chi connectivity index (χ2v) is 8.59. The average Bonchev–Trinajstić information content (AvgIpc) is 3.45. The Balaban J connectivity index is 1.25. The fraction of sp³-hybridized carbons (Fsp3) is 0.200. The largest absolute Gasteiger partial charge is 0.504 e. The number of carbonyl (C=O) groups excluding carboxylic acids is 1. The number of aliphatic hydroxyl groups excluding tert-OH is 2. The number of rotatable bonds is 6. The Bertz CT molecular complexity index is 1530. The minimum Gasteiger partial charge on any atom is -0.504 e. The minimum absolute atomic E-state index is 0.0229. The van der Waals surface area contributed by atoms with Gasteiger partial charge in [0.15, 0.2) is 29.2 Å². The van der Waals surface area contributed by atoms with Gasteiger partial charge in [-0.05, 0) is 35.4 Å². The van der Waals surface area contributed by atoms with Crippen molar-refractivity contribution in [1.29, 1.82) is 0 Å². The monoisotopic (exact) mass is 522 g/mol. The van der Waals surface area contributed by atoms with Crippen molar-refractivity contribution in [2.75, 3.05) is 12.3 Å². The number of halogens is 1. The zero-order chi connectivity index (χ0) is 27.0. The number of carbonyl (C=O) groups is 1. The van der Waals surface area contributed by atoms with Crippen LogP contribution in [-0.2, 0) is 4.74 Å². The van der Waals surface area contributed by atoms with Gasteiger partial charge in [-0.3, -0.25) is 9.36 Å². The van der Waals surface area contributed by atoms with E-state index in [1.54, 1.807) is 0 Å². The number of nitrogens with zero attached hydrogens (tertiary/aromatic N) is 4. The molecule has 1 saturated heterocycles. The number of anilines is 1. The van der Waals surface area contributed by atoms with Gasteiger partial charge in [-0.15, -0.1) is 0 Å². The van der Waals surface area contributed by atoms with Gasteiger partial charge in [0.1, 0.15) is 36.0 Å². The van der Waals surface area contributed by atoms with E-state index in [0.29, 0.717) is 22.3 Å². The van der Waals surface area contributed by atoms with Crippen LogP contribution in [0.1, 0.15) is 16.6 Å². The number of aromatic hydroxyl groups is 2. The summed E-state index contributed by atoms with van der Waals surface area (Å²) in [5.41, 5.74) is 7.22. The van der Waals surface area contributed by atoms with E-state index in [4.69, 9.17) is 10.5 Å². The molecule has 2 aromatic carbocycles. The molecule has 4 aromatic rings. The molecular weight excluding hydrogens is 499 g/mol. The summed E-state index contributed by atoms with van der Waals surface area (Å²) in [6, 6.07) is 8.08. The molecule has 0 aliphatic carbocycles. The normalized spacial score (nSPS) is 21.3. The maximum absolute atomic E-state index is 13.2. The van der Waals surface area contributed by atoms with Gasteiger partial charge in [-0.25, -0.2) is 19.3 Å². The number of fused-ring (bicyclic) bond motifs is 1. The third kappa shape index (κ3) is 4.61. The predicted octanol–water partition coefficient (Wildman–Crippen LogP) is 1.23. The Hall–Kier alpha value is -4.59. The molecule has 1 aliphatic heterocycles. The van der Waals surface area contributed by atoms with E-state index < -0.39 is 47.8 Å². The lowest BCUT2D eigenvalue weighted by Crippen LogP contribution is -2.31. The number of aliphatic hydroxyl groups is 2. The Kier molecular flexibility index (Phi) is 6.63. The lowest BCUT2D eigenvalue weighted by molar-refractivity contribution is -0.0245. The highest BCUT2D eigenvalue weighted by Crippen LogP contribution is 2.35. The zero-order valence-corrected chi connectivity index (χ0v) is 19.6. The summed E-state index contributed by atoms with van der Waals surface area (Å²) < 4.78 is 20.5. The van der Waals surface area contributed by atoms with Crippen LogP contribution in [0.4, 0.5) is 10.2 Å². The SMILES string of the molecule is Nc1ncnc2c1ncn2[C@@H]1O[C@H](/C=C/CNC(=O)c2cc(-c3ccc(F)cc3)cc(O)c2O)[C@H](O)[C@H]1O. The van der Waals surface area contributed by atoms with Crippen LogP contribution in [0.5, 0.6) is 11.5 Å². The van der Waals surface area contributed by atoms with Crippen molar-refractivity contribution in [1.82, 2.24) is 24.8 Å². The van der Waals surface area contributed by atoms with Crippen LogP contribution >= 0.6 is 0 Å². The first kappa shape index (κ1) is 25.1. The molecule has 1 aliphatic rings. The van der Waals surface area contributed by atoms with Crippen molar-refractivity contribution >= 4 is 22.9 Å². The fourth-order valence-corrected chi connectivity index (χ4v) is 4.18. The van der Waals surface area contributed by atoms with Crippen molar-refractivity contribution in [2.45, 2.75) is 24.5 Å². The number of nitrogen functional groups attached to an aromatic ring is 1. The summed E-state index contributed by atoms with van der Waals surface area (Å²) in [6.45, 7) is -0.0229. The van der Waals surface area contributed by atoms with Crippen molar-refractivity contribution in [3.63, 3.8) is 0 Å². The van der Waals surface area contributed by atoms with Crippen molar-refractivity contribution < 1.29 is 34.3 Å². The van der Waals surface area contributed by atoms with Gasteiger partial charge in [0, 0.05) is 6.54 Å². The highest BCUT2D eigenvalue weighted by atomic mass is 19.1. The third-order valence-corrected chi connectivity index (χ3v) is 6.15. The summed E-state index contributed by atoms with van der Waals surface area (Å²) in [7, 11) is 0. The van der Waals surface area contributed by atoms with Crippen LogP contribution in [-0.4, -0.2) is 70.7 Å². The molecule has 7 N–H and O–H groups in total. The molecule has 4 atom stereocenters. The number of hydrogen-bond acceptors (Lipinski definition) is 10. The number of aromatic nitrogens is 4. The van der Waals surface area contributed by atoms with Gasteiger partial charge >= 0.3 is 0 Å². The van der Waals surface area contributed by atoms with Crippen molar-refractivity contribution in [3.05, 3.63) is 72.6 Å². The maximum Gasteiger partial charge on any atom is 0.255 e. The Morgan fingerprint density at radius 3 is 2.63 bits per heavy atom. The summed E-state index contributed by atoms with van der Waals surface area (Å²) in [6.07, 6.45) is 1.12. The second-order valence-electron chi connectivity index (χ2n) is 8.59. The topological polar surface area (TPSA) is 189 Å². The van der Waals surface area contributed by atoms with E-state index >= 15 is 0 Å². The molecule has 0 spiro atoms. The Morgan fingerprint density at radius 2 is 1.87 bits per heavy atom. The van der Waals surface area contributed by atoms with Gasteiger partial charge in [0.2, 0.25) is 0 Å². The lowest BCUT2D eigenvalue weighted by atomic mass is 10.0. The molecule has 38 heavy (non-hydrogen) atoms. The number of imidazole rings is 1. The van der Waals surface area contributed by atoms with Gasteiger partial charge in [0.05, 0.1) is 11.9 Å². The number of phenolic OH excluding ortho intramolecular Hbond substituents is 2. The van der Waals surface area contributed by atoms with Crippen molar-refractivity contribution in [3.8, 4) is 22.6 Å². The molecular formula is C25H23FN6O6. The van der Waals surface area contributed by atoms with E-state index in [0.717, 1.165) is 0 Å². The van der Waals surface area contributed by atoms with Gasteiger partial charge < -0.3 is 36.2 Å². The Morgan fingerprint density at radius 1 is 1.11 bits per heavy atom. The smallest absolute Gasteiger partial charge is 0.255 e. The molecule has 0 unspecified atom stereocenters. The number of benzene rings is 2. The molecule has 3 heterocycles. The number of amides is 1. The average molecular weight is 522 g/mol. The third-order valence-electron chi connectivity index (χ3n) is 6.15. The molecule has 196 valence electrons. The first-order valence-corrected chi connectivity index (χ1v) is 11.5. The molecule has 0 saturated carbocycles.